The summed E-state index contributed by atoms with van der Waals surface area (Å²) in [5, 5.41) is 1.71. The summed E-state index contributed by atoms with van der Waals surface area (Å²) >= 11 is 0. The highest BCUT2D eigenvalue weighted by Crippen LogP contribution is 2.30. The largest absolute Gasteiger partial charge is 0.418 e. The van der Waals surface area contributed by atoms with E-state index in [1.165, 1.54) is 0 Å². The van der Waals surface area contributed by atoms with Crippen LogP contribution in [0.4, 0.5) is 4.79 Å². The van der Waals surface area contributed by atoms with Gasteiger partial charge in [-0.15, -0.1) is 4.28 Å². The van der Waals surface area contributed by atoms with Crippen molar-refractivity contribution in [2.75, 3.05) is 13.1 Å². The van der Waals surface area contributed by atoms with Gasteiger partial charge in [0.1, 0.15) is 6.04 Å². The molecule has 0 saturated carbocycles. The van der Waals surface area contributed by atoms with Crippen molar-refractivity contribution in [3.05, 3.63) is 35.9 Å². The molecular weight excluding hydrogens is 392 g/mol. The first-order valence-electron chi connectivity index (χ1n) is 8.65. The van der Waals surface area contributed by atoms with E-state index in [-0.39, 0.29) is 19.5 Å². The van der Waals surface area contributed by atoms with Crippen LogP contribution in [-0.4, -0.2) is 71.0 Å². The minimum Gasteiger partial charge on any atom is -0.309 e. The van der Waals surface area contributed by atoms with Gasteiger partial charge >= 0.3 is 16.4 Å². The van der Waals surface area contributed by atoms with E-state index in [9.17, 15) is 22.8 Å². The Hall–Kier alpha value is -2.70. The number of nitrogens with zero attached hydrogens (tertiary/aromatic N) is 3. The van der Waals surface area contributed by atoms with Crippen molar-refractivity contribution in [2.45, 2.75) is 31.8 Å². The minimum absolute atomic E-state index is 0.0746. The fourth-order valence-electron chi connectivity index (χ4n) is 3.32. The summed E-state index contributed by atoms with van der Waals surface area (Å²) in [4.78, 5) is 38.8. The van der Waals surface area contributed by atoms with Gasteiger partial charge < -0.3 is 4.90 Å². The third-order valence-corrected chi connectivity index (χ3v) is 4.98. The van der Waals surface area contributed by atoms with Crippen molar-refractivity contribution in [1.29, 1.82) is 0 Å². The lowest BCUT2D eigenvalue weighted by atomic mass is 10.0. The van der Waals surface area contributed by atoms with Crippen LogP contribution in [0.5, 0.6) is 0 Å². The van der Waals surface area contributed by atoms with Crippen molar-refractivity contribution in [3.8, 4) is 0 Å². The molecule has 2 aliphatic heterocycles. The molecule has 2 N–H and O–H groups in total. The number of benzene rings is 1. The fourth-order valence-corrected chi connectivity index (χ4v) is 3.71. The SMILES string of the molecule is CCN(NC(=O)[C@@H]1CCC2CN1C(=O)N2OS(=O)(=O)O)C(=O)c1ccccc1. The number of nitrogens with one attached hydrogen (secondary N) is 1. The third kappa shape index (κ3) is 4.08. The zero-order valence-corrected chi connectivity index (χ0v) is 15.8. The van der Waals surface area contributed by atoms with Crippen molar-refractivity contribution in [2.24, 2.45) is 0 Å². The average molecular weight is 412 g/mol. The highest BCUT2D eigenvalue weighted by molar-refractivity contribution is 7.80. The molecule has 2 heterocycles. The van der Waals surface area contributed by atoms with Crippen LogP contribution in [0.25, 0.3) is 0 Å². The summed E-state index contributed by atoms with van der Waals surface area (Å²) in [6.07, 6.45) is 0.555. The highest BCUT2D eigenvalue weighted by Gasteiger charge is 2.49. The van der Waals surface area contributed by atoms with E-state index in [0.29, 0.717) is 17.0 Å². The van der Waals surface area contributed by atoms with E-state index in [1.54, 1.807) is 37.3 Å². The minimum atomic E-state index is -4.86. The van der Waals surface area contributed by atoms with Gasteiger partial charge in [0.15, 0.2) is 0 Å². The number of fused-ring (bicyclic) bond motifs is 2. The van der Waals surface area contributed by atoms with Crippen molar-refractivity contribution in [1.82, 2.24) is 20.4 Å². The van der Waals surface area contributed by atoms with E-state index in [4.69, 9.17) is 4.55 Å². The van der Waals surface area contributed by atoms with Gasteiger partial charge in [-0.3, -0.25) is 24.6 Å². The number of amides is 4. The van der Waals surface area contributed by atoms with Crippen LogP contribution in [0.2, 0.25) is 0 Å². The van der Waals surface area contributed by atoms with Crippen LogP contribution >= 0.6 is 0 Å². The summed E-state index contributed by atoms with van der Waals surface area (Å²) in [6, 6.07) is 6.10. The molecule has 4 amide bonds. The van der Waals surface area contributed by atoms with Crippen LogP contribution in [0.15, 0.2) is 30.3 Å². The Morgan fingerprint density at radius 3 is 2.57 bits per heavy atom. The van der Waals surface area contributed by atoms with E-state index in [1.807, 2.05) is 0 Å². The molecule has 11 nitrogen and oxygen atoms in total. The molecular formula is C16H20N4O7S. The van der Waals surface area contributed by atoms with Crippen molar-refractivity contribution in [3.63, 3.8) is 0 Å². The number of piperidine rings is 1. The standard InChI is InChI=1S/C16H20N4O7S/c1-2-19(15(22)11-6-4-3-5-7-11)17-14(21)13-9-8-12-10-18(13)16(23)20(12)27-28(24,25)26/h3-7,12-13H,2,8-10H2,1H3,(H,17,21)(H,24,25,26)/t12?,13-/m0/s1. The first kappa shape index (κ1) is 20.0. The predicted octanol–water partition coefficient (Wildman–Crippen LogP) is 0.183. The predicted molar refractivity (Wildman–Crippen MR) is 94.7 cm³/mol. The average Bonchev–Trinajstić information content (AvgIpc) is 2.89. The Labute approximate surface area is 161 Å². The molecule has 0 aromatic heterocycles. The van der Waals surface area contributed by atoms with Gasteiger partial charge in [0, 0.05) is 18.7 Å². The molecule has 0 spiro atoms. The maximum Gasteiger partial charge on any atom is 0.418 e. The van der Waals surface area contributed by atoms with Crippen LogP contribution in [0.3, 0.4) is 0 Å². The van der Waals surface area contributed by atoms with E-state index in [0.717, 1.165) is 9.91 Å². The molecule has 2 atom stereocenters. The van der Waals surface area contributed by atoms with E-state index < -0.39 is 40.3 Å². The highest BCUT2D eigenvalue weighted by atomic mass is 32.3. The normalized spacial score (nSPS) is 21.6. The number of hydrogen-bond donors (Lipinski definition) is 2. The molecule has 0 aliphatic carbocycles. The first-order valence-corrected chi connectivity index (χ1v) is 10.0. The second kappa shape index (κ2) is 7.73. The maximum atomic E-state index is 12.7. The van der Waals surface area contributed by atoms with E-state index >= 15 is 0 Å². The number of carbonyl (C=O) groups is 3. The maximum absolute atomic E-state index is 12.7. The lowest BCUT2D eigenvalue weighted by Gasteiger charge is -2.31. The molecule has 2 fully saturated rings. The van der Waals surface area contributed by atoms with E-state index in [2.05, 4.69) is 9.71 Å². The van der Waals surface area contributed by atoms with Crippen LogP contribution in [0, 0.1) is 0 Å². The number of hydrazine groups is 1. The van der Waals surface area contributed by atoms with Gasteiger partial charge in [-0.2, -0.15) is 13.5 Å². The van der Waals surface area contributed by atoms with Gasteiger partial charge in [0.25, 0.3) is 11.8 Å². The number of rotatable bonds is 5. The summed E-state index contributed by atoms with van der Waals surface area (Å²) in [5.41, 5.74) is 2.93. The second-order valence-electron chi connectivity index (χ2n) is 6.40. The lowest BCUT2D eigenvalue weighted by molar-refractivity contribution is -0.130. The Morgan fingerprint density at radius 1 is 1.29 bits per heavy atom. The zero-order valence-electron chi connectivity index (χ0n) is 15.0. The monoisotopic (exact) mass is 412 g/mol. The van der Waals surface area contributed by atoms with Gasteiger partial charge in [-0.05, 0) is 31.9 Å². The number of urea groups is 1. The zero-order chi connectivity index (χ0) is 20.5. The van der Waals surface area contributed by atoms with Gasteiger partial charge in [0.05, 0.1) is 6.04 Å². The molecule has 2 aliphatic rings. The van der Waals surface area contributed by atoms with Crippen molar-refractivity contribution >= 4 is 28.2 Å². The van der Waals surface area contributed by atoms with Crippen molar-refractivity contribution < 1.29 is 31.6 Å². The molecule has 12 heteroatoms. The molecule has 1 aromatic carbocycles. The van der Waals surface area contributed by atoms with Crippen LogP contribution < -0.4 is 5.43 Å². The Balaban J connectivity index is 1.69. The molecule has 1 unspecified atom stereocenters. The lowest BCUT2D eigenvalue weighted by Crippen LogP contribution is -2.55. The summed E-state index contributed by atoms with van der Waals surface area (Å²) in [5.74, 6) is -0.958. The summed E-state index contributed by atoms with van der Waals surface area (Å²) in [6.45, 7) is 1.98. The molecule has 3 rings (SSSR count). The van der Waals surface area contributed by atoms with Crippen LogP contribution in [-0.2, 0) is 19.5 Å². The van der Waals surface area contributed by atoms with Crippen LogP contribution in [0.1, 0.15) is 30.1 Å². The molecule has 28 heavy (non-hydrogen) atoms. The summed E-state index contributed by atoms with van der Waals surface area (Å²) in [7, 11) is -4.86. The fraction of sp³-hybridized carbons (Fsp3) is 0.438. The van der Waals surface area contributed by atoms with Gasteiger partial charge in [0.2, 0.25) is 0 Å². The van der Waals surface area contributed by atoms with Gasteiger partial charge in [-0.25, -0.2) is 4.79 Å². The quantitative estimate of drug-likeness (QED) is 0.520. The Morgan fingerprint density at radius 2 is 1.96 bits per heavy atom. The number of hydrogen-bond acceptors (Lipinski definition) is 6. The number of carbonyl (C=O) groups excluding carboxylic acids is 3. The molecule has 2 saturated heterocycles. The molecule has 1 aromatic rings. The molecule has 152 valence electrons. The summed E-state index contributed by atoms with van der Waals surface area (Å²) < 4.78 is 35.0. The third-order valence-electron chi connectivity index (χ3n) is 4.63. The Kier molecular flexibility index (Phi) is 5.54. The number of hydroxylamine groups is 2. The molecule has 0 radical (unpaired) electrons. The smallest absolute Gasteiger partial charge is 0.309 e. The topological polar surface area (TPSA) is 137 Å². The second-order valence-corrected chi connectivity index (χ2v) is 7.41. The van der Waals surface area contributed by atoms with Gasteiger partial charge in [-0.1, -0.05) is 18.2 Å². The molecule has 2 bridgehead atoms. The first-order chi connectivity index (χ1) is 13.2. The Bertz CT molecular complexity index is 876.